The van der Waals surface area contributed by atoms with Crippen molar-refractivity contribution in [2.45, 2.75) is 56.8 Å². The van der Waals surface area contributed by atoms with Gasteiger partial charge in [0.2, 0.25) is 17.7 Å². The van der Waals surface area contributed by atoms with Crippen LogP contribution >= 0.6 is 11.8 Å². The SMILES string of the molecule is CSCCC(NC(=O)C(C)NC(=O)C(Cc1cnc[nH]1)NC(=O)C1CCCN1)C(=O)O. The van der Waals surface area contributed by atoms with Gasteiger partial charge in [-0.05, 0) is 44.7 Å². The summed E-state index contributed by atoms with van der Waals surface area (Å²) in [5, 5.41) is 20.1. The number of aliphatic carboxylic acids is 1. The first-order chi connectivity index (χ1) is 14.8. The van der Waals surface area contributed by atoms with Gasteiger partial charge in [0, 0.05) is 18.3 Å². The number of amides is 3. The first kappa shape index (κ1) is 24.7. The summed E-state index contributed by atoms with van der Waals surface area (Å²) in [6.07, 6.45) is 6.89. The van der Waals surface area contributed by atoms with Crippen LogP contribution in [0.4, 0.5) is 0 Å². The normalized spacial score (nSPS) is 18.6. The van der Waals surface area contributed by atoms with Crippen LogP contribution in [-0.4, -0.2) is 81.5 Å². The molecule has 1 aliphatic heterocycles. The van der Waals surface area contributed by atoms with Crippen molar-refractivity contribution >= 4 is 35.5 Å². The molecule has 0 aliphatic carbocycles. The Labute approximate surface area is 184 Å². The van der Waals surface area contributed by atoms with Gasteiger partial charge in [-0.2, -0.15) is 11.8 Å². The fourth-order valence-electron chi connectivity index (χ4n) is 3.18. The highest BCUT2D eigenvalue weighted by Gasteiger charge is 2.30. The second-order valence-corrected chi connectivity index (χ2v) is 8.39. The zero-order chi connectivity index (χ0) is 22.8. The molecule has 4 atom stereocenters. The molecule has 0 saturated carbocycles. The van der Waals surface area contributed by atoms with E-state index in [1.54, 1.807) is 6.20 Å². The predicted molar refractivity (Wildman–Crippen MR) is 115 cm³/mol. The van der Waals surface area contributed by atoms with Crippen molar-refractivity contribution in [3.63, 3.8) is 0 Å². The quantitative estimate of drug-likeness (QED) is 0.234. The van der Waals surface area contributed by atoms with E-state index in [9.17, 15) is 24.3 Å². The van der Waals surface area contributed by atoms with Crippen LogP contribution in [0.3, 0.4) is 0 Å². The van der Waals surface area contributed by atoms with Crippen LogP contribution in [0.15, 0.2) is 12.5 Å². The number of imidazole rings is 1. The number of carboxylic acid groups (broad SMARTS) is 1. The van der Waals surface area contributed by atoms with Crippen LogP contribution in [0.25, 0.3) is 0 Å². The van der Waals surface area contributed by atoms with Crippen LogP contribution in [0, 0.1) is 0 Å². The summed E-state index contributed by atoms with van der Waals surface area (Å²) >= 11 is 1.48. The van der Waals surface area contributed by atoms with Crippen molar-refractivity contribution in [1.82, 2.24) is 31.2 Å². The molecule has 12 heteroatoms. The molecule has 1 saturated heterocycles. The van der Waals surface area contributed by atoms with Crippen molar-refractivity contribution in [3.05, 3.63) is 18.2 Å². The second kappa shape index (κ2) is 12.3. The number of nitrogens with zero attached hydrogens (tertiary/aromatic N) is 1. The van der Waals surface area contributed by atoms with Gasteiger partial charge in [-0.15, -0.1) is 0 Å². The number of hydrogen-bond donors (Lipinski definition) is 6. The Bertz CT molecular complexity index is 753. The molecular formula is C19H30N6O5S. The van der Waals surface area contributed by atoms with Crippen LogP contribution in [-0.2, 0) is 25.6 Å². The van der Waals surface area contributed by atoms with E-state index in [1.165, 1.54) is 25.0 Å². The zero-order valence-electron chi connectivity index (χ0n) is 17.6. The predicted octanol–water partition coefficient (Wildman–Crippen LogP) is -0.984. The van der Waals surface area contributed by atoms with E-state index in [4.69, 9.17) is 0 Å². The fourth-order valence-corrected chi connectivity index (χ4v) is 3.65. The van der Waals surface area contributed by atoms with Gasteiger partial charge in [0.1, 0.15) is 18.1 Å². The molecule has 0 bridgehead atoms. The minimum Gasteiger partial charge on any atom is -0.480 e. The van der Waals surface area contributed by atoms with Crippen LogP contribution in [0.5, 0.6) is 0 Å². The van der Waals surface area contributed by atoms with Crippen molar-refractivity contribution < 1.29 is 24.3 Å². The van der Waals surface area contributed by atoms with Gasteiger partial charge in [-0.1, -0.05) is 0 Å². The highest BCUT2D eigenvalue weighted by atomic mass is 32.2. The standard InChI is InChI=1S/C19H30N6O5S/c1-11(16(26)24-14(19(29)30)5-7-31-2)23-18(28)15(8-12-9-20-10-22-12)25-17(27)13-4-3-6-21-13/h9-11,13-15,21H,3-8H2,1-2H3,(H,20,22)(H,23,28)(H,24,26)(H,25,27)(H,29,30). The zero-order valence-corrected chi connectivity index (χ0v) is 18.5. The second-order valence-electron chi connectivity index (χ2n) is 7.40. The number of carbonyl (C=O) groups excluding carboxylic acids is 3. The third-order valence-corrected chi connectivity index (χ3v) is 5.61. The average molecular weight is 455 g/mol. The van der Waals surface area contributed by atoms with Crippen LogP contribution in [0.1, 0.15) is 31.9 Å². The van der Waals surface area contributed by atoms with E-state index in [2.05, 4.69) is 31.2 Å². The number of rotatable bonds is 12. The van der Waals surface area contributed by atoms with Gasteiger partial charge in [0.15, 0.2) is 0 Å². The van der Waals surface area contributed by atoms with E-state index < -0.39 is 35.9 Å². The summed E-state index contributed by atoms with van der Waals surface area (Å²) in [5.74, 6) is -1.98. The van der Waals surface area contributed by atoms with E-state index in [1.807, 2.05) is 6.26 Å². The molecule has 2 heterocycles. The largest absolute Gasteiger partial charge is 0.480 e. The maximum absolute atomic E-state index is 12.8. The minimum atomic E-state index is -1.13. The fraction of sp³-hybridized carbons (Fsp3) is 0.632. The lowest BCUT2D eigenvalue weighted by molar-refractivity contribution is -0.142. The first-order valence-electron chi connectivity index (χ1n) is 10.1. The van der Waals surface area contributed by atoms with Gasteiger partial charge >= 0.3 is 5.97 Å². The molecule has 172 valence electrons. The molecule has 31 heavy (non-hydrogen) atoms. The Balaban J connectivity index is 1.98. The van der Waals surface area contributed by atoms with Gasteiger partial charge in [-0.25, -0.2) is 9.78 Å². The Morgan fingerprint density at radius 1 is 1.23 bits per heavy atom. The van der Waals surface area contributed by atoms with Gasteiger partial charge in [-0.3, -0.25) is 14.4 Å². The smallest absolute Gasteiger partial charge is 0.326 e. The number of nitrogens with one attached hydrogen (secondary N) is 5. The maximum atomic E-state index is 12.8. The van der Waals surface area contributed by atoms with Crippen molar-refractivity contribution in [2.24, 2.45) is 0 Å². The molecule has 0 radical (unpaired) electrons. The summed E-state index contributed by atoms with van der Waals surface area (Å²) in [6.45, 7) is 2.21. The van der Waals surface area contributed by atoms with Crippen molar-refractivity contribution in [1.29, 1.82) is 0 Å². The third-order valence-electron chi connectivity index (χ3n) is 4.97. The summed E-state index contributed by atoms with van der Waals surface area (Å²) in [5.41, 5.74) is 0.653. The minimum absolute atomic E-state index is 0.171. The number of hydrogen-bond acceptors (Lipinski definition) is 7. The Hall–Kier alpha value is -2.60. The lowest BCUT2D eigenvalue weighted by atomic mass is 10.1. The average Bonchev–Trinajstić information content (AvgIpc) is 3.44. The molecule has 0 spiro atoms. The Morgan fingerprint density at radius 2 is 2.00 bits per heavy atom. The topological polar surface area (TPSA) is 165 Å². The molecule has 11 nitrogen and oxygen atoms in total. The molecule has 2 rings (SSSR count). The summed E-state index contributed by atoms with van der Waals surface area (Å²) in [6, 6.07) is -3.29. The van der Waals surface area contributed by atoms with E-state index in [0.29, 0.717) is 17.9 Å². The molecule has 1 aliphatic rings. The number of carbonyl (C=O) groups is 4. The summed E-state index contributed by atoms with van der Waals surface area (Å²) < 4.78 is 0. The number of aromatic amines is 1. The van der Waals surface area contributed by atoms with E-state index in [-0.39, 0.29) is 24.8 Å². The molecule has 6 N–H and O–H groups in total. The molecule has 1 aromatic rings. The Morgan fingerprint density at radius 3 is 2.58 bits per heavy atom. The molecule has 1 fully saturated rings. The van der Waals surface area contributed by atoms with Gasteiger partial charge < -0.3 is 31.4 Å². The van der Waals surface area contributed by atoms with Crippen molar-refractivity contribution in [2.75, 3.05) is 18.6 Å². The number of carboxylic acids is 1. The molecular weight excluding hydrogens is 424 g/mol. The maximum Gasteiger partial charge on any atom is 0.326 e. The number of aromatic nitrogens is 2. The highest BCUT2D eigenvalue weighted by Crippen LogP contribution is 2.07. The van der Waals surface area contributed by atoms with Crippen LogP contribution in [0.2, 0.25) is 0 Å². The lowest BCUT2D eigenvalue weighted by Gasteiger charge is -2.23. The lowest BCUT2D eigenvalue weighted by Crippen LogP contribution is -2.56. The van der Waals surface area contributed by atoms with Crippen molar-refractivity contribution in [3.8, 4) is 0 Å². The van der Waals surface area contributed by atoms with Crippen LogP contribution < -0.4 is 21.3 Å². The third kappa shape index (κ3) is 7.87. The molecule has 1 aromatic heterocycles. The molecule has 0 aromatic carbocycles. The molecule has 4 unspecified atom stereocenters. The van der Waals surface area contributed by atoms with E-state index in [0.717, 1.165) is 13.0 Å². The first-order valence-corrected chi connectivity index (χ1v) is 11.5. The highest BCUT2D eigenvalue weighted by molar-refractivity contribution is 7.98. The van der Waals surface area contributed by atoms with E-state index >= 15 is 0 Å². The monoisotopic (exact) mass is 454 g/mol. The number of thioether (sulfide) groups is 1. The number of H-pyrrole nitrogens is 1. The van der Waals surface area contributed by atoms with Gasteiger partial charge in [0.25, 0.3) is 0 Å². The Kier molecular flexibility index (Phi) is 9.79. The summed E-state index contributed by atoms with van der Waals surface area (Å²) in [7, 11) is 0. The molecule has 3 amide bonds. The van der Waals surface area contributed by atoms with Gasteiger partial charge in [0.05, 0.1) is 12.4 Å². The summed E-state index contributed by atoms with van der Waals surface area (Å²) in [4.78, 5) is 55.9.